The number of amides is 1. The van der Waals surface area contributed by atoms with E-state index < -0.39 is 29.0 Å². The maximum absolute atomic E-state index is 15.4. The Bertz CT molecular complexity index is 1070. The Morgan fingerprint density at radius 2 is 2.10 bits per heavy atom. The van der Waals surface area contributed by atoms with Crippen molar-refractivity contribution < 1.29 is 19.1 Å². The van der Waals surface area contributed by atoms with Crippen LogP contribution in [0.2, 0.25) is 5.02 Å². The van der Waals surface area contributed by atoms with Crippen molar-refractivity contribution in [3.8, 4) is 11.1 Å². The molecule has 2 atom stereocenters. The first-order chi connectivity index (χ1) is 14.2. The van der Waals surface area contributed by atoms with E-state index in [1.165, 1.54) is 37.3 Å². The highest BCUT2D eigenvalue weighted by Gasteiger charge is 2.49. The molecule has 0 saturated heterocycles. The molecule has 9 heteroatoms. The molecule has 1 aliphatic carbocycles. The molecule has 30 heavy (non-hydrogen) atoms. The average molecular weight is 433 g/mol. The molecule has 158 valence electrons. The fraction of sp³-hybridized carbons (Fsp3) is 0.381. The van der Waals surface area contributed by atoms with E-state index in [1.54, 1.807) is 0 Å². The molecule has 1 spiro atoms. The quantitative estimate of drug-likeness (QED) is 0.641. The number of benzene rings is 1. The zero-order valence-electron chi connectivity index (χ0n) is 16.6. The van der Waals surface area contributed by atoms with Crippen LogP contribution in [0.15, 0.2) is 18.3 Å². The predicted octanol–water partition coefficient (Wildman–Crippen LogP) is 3.37. The van der Waals surface area contributed by atoms with E-state index in [4.69, 9.17) is 17.3 Å². The highest BCUT2D eigenvalue weighted by atomic mass is 35.5. The molecule has 4 N–H and O–H groups in total. The molecule has 1 fully saturated rings. The van der Waals surface area contributed by atoms with Gasteiger partial charge in [-0.2, -0.15) is 0 Å². The van der Waals surface area contributed by atoms with Crippen molar-refractivity contribution in [2.24, 2.45) is 5.92 Å². The Labute approximate surface area is 178 Å². The molecule has 1 aliphatic heterocycles. The van der Waals surface area contributed by atoms with Crippen molar-refractivity contribution in [2.45, 2.75) is 24.7 Å². The summed E-state index contributed by atoms with van der Waals surface area (Å²) in [5, 5.41) is 13.0. The summed E-state index contributed by atoms with van der Waals surface area (Å²) in [7, 11) is 3.04. The molecule has 0 bridgehead atoms. The second-order valence-corrected chi connectivity index (χ2v) is 8.59. The first-order valence-electron chi connectivity index (χ1n) is 9.62. The van der Waals surface area contributed by atoms with Crippen LogP contribution in [0.1, 0.15) is 35.2 Å². The lowest BCUT2D eigenvalue weighted by Gasteiger charge is -2.25. The van der Waals surface area contributed by atoms with E-state index in [9.17, 15) is 14.7 Å². The van der Waals surface area contributed by atoms with E-state index in [-0.39, 0.29) is 16.8 Å². The largest absolute Gasteiger partial charge is 0.481 e. The first kappa shape index (κ1) is 20.4. The van der Waals surface area contributed by atoms with Gasteiger partial charge in [-0.1, -0.05) is 11.6 Å². The number of carboxylic acid groups (broad SMARTS) is 1. The van der Waals surface area contributed by atoms with Gasteiger partial charge in [0.25, 0.3) is 5.91 Å². The molecule has 1 amide bonds. The number of carbonyl (C=O) groups is 2. The Kier molecular flexibility index (Phi) is 4.85. The Hall–Kier alpha value is -2.87. The van der Waals surface area contributed by atoms with Crippen molar-refractivity contribution in [2.75, 3.05) is 31.7 Å². The number of carbonyl (C=O) groups excluding carboxylic acids is 1. The number of aromatic nitrogens is 1. The number of nitrogens with zero attached hydrogens (tertiary/aromatic N) is 2. The monoisotopic (exact) mass is 432 g/mol. The summed E-state index contributed by atoms with van der Waals surface area (Å²) in [6.07, 6.45) is 3.12. The normalized spacial score (nSPS) is 22.1. The highest BCUT2D eigenvalue weighted by molar-refractivity contribution is 6.34. The van der Waals surface area contributed by atoms with Gasteiger partial charge in [-0.15, -0.1) is 0 Å². The lowest BCUT2D eigenvalue weighted by Crippen LogP contribution is -2.26. The van der Waals surface area contributed by atoms with Gasteiger partial charge >= 0.3 is 5.97 Å². The summed E-state index contributed by atoms with van der Waals surface area (Å²) in [5.74, 6) is -1.98. The van der Waals surface area contributed by atoms with Crippen LogP contribution in [0.25, 0.3) is 11.1 Å². The number of anilines is 2. The van der Waals surface area contributed by atoms with Crippen LogP contribution in [-0.2, 0) is 10.2 Å². The van der Waals surface area contributed by atoms with Crippen LogP contribution in [0.5, 0.6) is 0 Å². The minimum atomic E-state index is -0.822. The van der Waals surface area contributed by atoms with Crippen LogP contribution in [0.3, 0.4) is 0 Å². The van der Waals surface area contributed by atoms with Gasteiger partial charge in [0.15, 0.2) is 0 Å². The van der Waals surface area contributed by atoms with E-state index in [0.717, 1.165) is 5.56 Å². The SMILES string of the molecule is CN(C)C(=O)c1c(N)ccc(-c2cnc3c(c2Cl)[C@@]2(CC[C@@H](C(=O)O)C2)CN3)c1F. The third-order valence-corrected chi connectivity index (χ3v) is 6.57. The number of nitrogens with two attached hydrogens (primary N) is 1. The van der Waals surface area contributed by atoms with Crippen molar-refractivity contribution in [3.05, 3.63) is 40.3 Å². The molecule has 2 aliphatic rings. The van der Waals surface area contributed by atoms with Crippen LogP contribution >= 0.6 is 11.6 Å². The van der Waals surface area contributed by atoms with Gasteiger partial charge in [-0.3, -0.25) is 9.59 Å². The standard InChI is InChI=1S/C21H22ClFN4O3/c1-27(2)19(28)14-13(24)4-3-11(17(14)23)12-8-25-18-15(16(12)22)21(9-26-18)6-5-10(7-21)20(29)30/h3-4,8,10H,5-7,9,24H2,1-2H3,(H,25,26)(H,29,30)/t10-,21-/m1/s1. The number of carboxylic acids is 1. The number of halogens is 2. The summed E-state index contributed by atoms with van der Waals surface area (Å²) >= 11 is 6.77. The third-order valence-electron chi connectivity index (χ3n) is 6.18. The van der Waals surface area contributed by atoms with Crippen molar-refractivity contribution >= 4 is 35.0 Å². The first-order valence-corrected chi connectivity index (χ1v) is 10.00. The Morgan fingerprint density at radius 1 is 1.37 bits per heavy atom. The molecule has 0 unspecified atom stereocenters. The number of nitrogens with one attached hydrogen (secondary N) is 1. The van der Waals surface area contributed by atoms with Crippen molar-refractivity contribution in [1.29, 1.82) is 0 Å². The molecule has 2 aromatic rings. The van der Waals surface area contributed by atoms with E-state index in [1.807, 2.05) is 0 Å². The van der Waals surface area contributed by atoms with Gasteiger partial charge in [0.05, 0.1) is 16.5 Å². The predicted molar refractivity (Wildman–Crippen MR) is 112 cm³/mol. The molecule has 4 rings (SSSR count). The van der Waals surface area contributed by atoms with Gasteiger partial charge in [0.2, 0.25) is 0 Å². The number of nitrogen functional groups attached to an aromatic ring is 1. The van der Waals surface area contributed by atoms with Crippen molar-refractivity contribution in [1.82, 2.24) is 9.88 Å². The summed E-state index contributed by atoms with van der Waals surface area (Å²) < 4.78 is 15.4. The fourth-order valence-corrected chi connectivity index (χ4v) is 5.04. The van der Waals surface area contributed by atoms with Crippen LogP contribution in [0.4, 0.5) is 15.9 Å². The van der Waals surface area contributed by atoms with Crippen LogP contribution in [0, 0.1) is 11.7 Å². The van der Waals surface area contributed by atoms with Gasteiger partial charge in [0.1, 0.15) is 11.6 Å². The Morgan fingerprint density at radius 3 is 2.73 bits per heavy atom. The van der Waals surface area contributed by atoms with Gasteiger partial charge < -0.3 is 21.1 Å². The number of hydrogen-bond donors (Lipinski definition) is 3. The van der Waals surface area contributed by atoms with Gasteiger partial charge in [0, 0.05) is 54.6 Å². The van der Waals surface area contributed by atoms with Gasteiger partial charge in [-0.25, -0.2) is 9.37 Å². The topological polar surface area (TPSA) is 109 Å². The summed E-state index contributed by atoms with van der Waals surface area (Å²) in [4.78, 5) is 29.6. The second-order valence-electron chi connectivity index (χ2n) is 8.21. The summed E-state index contributed by atoms with van der Waals surface area (Å²) in [6.45, 7) is 0.539. The number of hydrogen-bond acceptors (Lipinski definition) is 5. The number of rotatable bonds is 3. The average Bonchev–Trinajstić information content (AvgIpc) is 3.28. The van der Waals surface area contributed by atoms with E-state index in [0.29, 0.717) is 42.2 Å². The zero-order valence-corrected chi connectivity index (χ0v) is 17.4. The van der Waals surface area contributed by atoms with Crippen LogP contribution in [-0.4, -0.2) is 47.5 Å². The minimum Gasteiger partial charge on any atom is -0.481 e. The lowest BCUT2D eigenvalue weighted by atomic mass is 9.79. The molecular weight excluding hydrogens is 411 g/mol. The smallest absolute Gasteiger partial charge is 0.306 e. The lowest BCUT2D eigenvalue weighted by molar-refractivity contribution is -0.141. The molecule has 0 radical (unpaired) electrons. The summed E-state index contributed by atoms with van der Waals surface area (Å²) in [6, 6.07) is 2.96. The maximum atomic E-state index is 15.4. The second kappa shape index (κ2) is 7.12. The van der Waals surface area contributed by atoms with Crippen LogP contribution < -0.4 is 11.1 Å². The number of fused-ring (bicyclic) bond motifs is 2. The molecule has 1 aromatic heterocycles. The third kappa shape index (κ3) is 2.98. The molecule has 1 aromatic carbocycles. The molecule has 7 nitrogen and oxygen atoms in total. The molecular formula is C21H22ClFN4O3. The Balaban J connectivity index is 1.85. The molecule has 1 saturated carbocycles. The number of pyridine rings is 1. The zero-order chi connectivity index (χ0) is 21.8. The van der Waals surface area contributed by atoms with E-state index in [2.05, 4.69) is 10.3 Å². The summed E-state index contributed by atoms with van der Waals surface area (Å²) in [5.41, 5.74) is 6.45. The molecule has 2 heterocycles. The minimum absolute atomic E-state index is 0.0402. The maximum Gasteiger partial charge on any atom is 0.306 e. The van der Waals surface area contributed by atoms with Crippen molar-refractivity contribution in [3.63, 3.8) is 0 Å². The van der Waals surface area contributed by atoms with Gasteiger partial charge in [-0.05, 0) is 31.4 Å². The fourth-order valence-electron chi connectivity index (χ4n) is 4.60. The number of aliphatic carboxylic acids is 1. The van der Waals surface area contributed by atoms with E-state index >= 15 is 4.39 Å². The highest BCUT2D eigenvalue weighted by Crippen LogP contribution is 2.53.